The van der Waals surface area contributed by atoms with Crippen LogP contribution in [0.2, 0.25) is 0 Å². The molecule has 0 amide bonds. The van der Waals surface area contributed by atoms with Crippen LogP contribution in [-0.2, 0) is 33.2 Å². The predicted octanol–water partition coefficient (Wildman–Crippen LogP) is 0.0296. The van der Waals surface area contributed by atoms with Crippen LogP contribution < -0.4 is 0 Å². The molecule has 25 heavy (non-hydrogen) atoms. The minimum absolute atomic E-state index is 0.0166. The van der Waals surface area contributed by atoms with Gasteiger partial charge >= 0.3 is 0 Å². The summed E-state index contributed by atoms with van der Waals surface area (Å²) in [6.07, 6.45) is 5.56. The Kier molecular flexibility index (Phi) is 21.4. The molecule has 0 saturated carbocycles. The molecule has 0 aliphatic heterocycles. The van der Waals surface area contributed by atoms with Gasteiger partial charge in [-0.3, -0.25) is 0 Å². The van der Waals surface area contributed by atoms with Gasteiger partial charge in [-0.2, -0.15) is 0 Å². The third kappa shape index (κ3) is 22.6. The molecule has 0 aliphatic carbocycles. The number of rotatable bonds is 20. The second-order valence-corrected chi connectivity index (χ2v) is 4.32. The van der Waals surface area contributed by atoms with Crippen molar-refractivity contribution in [1.82, 2.24) is 0 Å². The van der Waals surface area contributed by atoms with Gasteiger partial charge in [-0.1, -0.05) is 0 Å². The molecule has 0 radical (unpaired) electrons. The van der Waals surface area contributed by atoms with Crippen LogP contribution in [0.1, 0.15) is 0 Å². The third-order valence-corrected chi connectivity index (χ3v) is 2.37. The highest BCUT2D eigenvalue weighted by atomic mass is 16.6. The minimum Gasteiger partial charge on any atom is -0.496 e. The van der Waals surface area contributed by atoms with Gasteiger partial charge in [0.15, 0.2) is 0 Å². The van der Waals surface area contributed by atoms with Crippen LogP contribution in [0.3, 0.4) is 0 Å². The van der Waals surface area contributed by atoms with Crippen molar-refractivity contribution >= 4 is 0 Å². The summed E-state index contributed by atoms with van der Waals surface area (Å²) < 4.78 is 35.8. The van der Waals surface area contributed by atoms with Crippen molar-refractivity contribution in [3.8, 4) is 0 Å². The van der Waals surface area contributed by atoms with Crippen LogP contribution >= 0.6 is 0 Å². The van der Waals surface area contributed by atoms with Gasteiger partial charge in [-0.15, -0.1) is 0 Å². The van der Waals surface area contributed by atoms with E-state index in [1.807, 2.05) is 0 Å². The molecule has 0 unspecified atom stereocenters. The van der Waals surface area contributed by atoms with E-state index in [4.69, 9.17) is 43.4 Å². The first-order valence-corrected chi connectivity index (χ1v) is 8.13. The Bertz CT molecular complexity index is 269. The van der Waals surface area contributed by atoms with Gasteiger partial charge in [0, 0.05) is 0 Å². The number of aliphatic hydroxyl groups excluding tert-OH is 2. The summed E-state index contributed by atoms with van der Waals surface area (Å²) >= 11 is 0. The molecule has 0 spiro atoms. The van der Waals surface area contributed by atoms with E-state index in [9.17, 15) is 0 Å². The first-order valence-electron chi connectivity index (χ1n) is 8.13. The number of hydrogen-bond acceptors (Lipinski definition) is 9. The van der Waals surface area contributed by atoms with Gasteiger partial charge in [0.2, 0.25) is 0 Å². The highest BCUT2D eigenvalue weighted by Gasteiger charge is 1.90. The lowest BCUT2D eigenvalue weighted by atomic mass is 10.7. The average Bonchev–Trinajstić information content (AvgIpc) is 2.63. The van der Waals surface area contributed by atoms with Gasteiger partial charge in [-0.05, 0) is 0 Å². The van der Waals surface area contributed by atoms with Crippen LogP contribution in [0.15, 0.2) is 25.0 Å². The average molecular weight is 366 g/mol. The van der Waals surface area contributed by atoms with Crippen LogP contribution in [0.4, 0.5) is 0 Å². The second-order valence-electron chi connectivity index (χ2n) is 4.32. The highest BCUT2D eigenvalue weighted by molar-refractivity contribution is 4.69. The molecule has 0 aromatic carbocycles. The maximum Gasteiger partial charge on any atom is 0.125 e. The fourth-order valence-corrected chi connectivity index (χ4v) is 1.31. The molecule has 0 aromatic heterocycles. The fraction of sp³-hybridized carbons (Fsp3) is 0.750. The molecule has 0 fully saturated rings. The molecule has 0 heterocycles. The molecule has 0 bridgehead atoms. The van der Waals surface area contributed by atoms with Crippen molar-refractivity contribution in [2.75, 3.05) is 79.3 Å². The fourth-order valence-electron chi connectivity index (χ4n) is 1.31. The highest BCUT2D eigenvalue weighted by Crippen LogP contribution is 1.87. The third-order valence-electron chi connectivity index (χ3n) is 2.37. The lowest BCUT2D eigenvalue weighted by Gasteiger charge is -2.04. The Morgan fingerprint density at radius 1 is 0.440 bits per heavy atom. The van der Waals surface area contributed by atoms with E-state index in [1.165, 1.54) is 25.0 Å². The summed E-state index contributed by atoms with van der Waals surface area (Å²) in [5.41, 5.74) is 0. The first-order chi connectivity index (χ1) is 12.4. The summed E-state index contributed by atoms with van der Waals surface area (Å²) in [4.78, 5) is 0. The van der Waals surface area contributed by atoms with Crippen molar-refractivity contribution in [3.05, 3.63) is 25.0 Å². The van der Waals surface area contributed by atoms with Gasteiger partial charge in [0.25, 0.3) is 0 Å². The van der Waals surface area contributed by atoms with E-state index < -0.39 is 0 Å². The van der Waals surface area contributed by atoms with Crippen LogP contribution in [0.5, 0.6) is 0 Å². The Balaban J connectivity index is 3.14. The van der Waals surface area contributed by atoms with E-state index in [-0.39, 0.29) is 13.2 Å². The standard InChI is InChI=1S/C16H30O9/c17-1-3-19-5-7-21-9-11-23-13-15-25-16-14-24-12-10-22-8-6-20-4-2-18/h13-18H,1-12H2. The van der Waals surface area contributed by atoms with E-state index >= 15 is 0 Å². The minimum atomic E-state index is 0.0166. The molecule has 0 aliphatic rings. The monoisotopic (exact) mass is 366 g/mol. The molecule has 0 saturated heterocycles. The number of aliphatic hydroxyl groups is 2. The Morgan fingerprint density at radius 2 is 0.800 bits per heavy atom. The van der Waals surface area contributed by atoms with Gasteiger partial charge in [0.1, 0.15) is 38.3 Å². The first kappa shape index (κ1) is 23.6. The summed E-state index contributed by atoms with van der Waals surface area (Å²) in [6, 6.07) is 0. The van der Waals surface area contributed by atoms with Gasteiger partial charge in [0.05, 0.1) is 66.1 Å². The molecule has 0 aromatic rings. The van der Waals surface area contributed by atoms with Crippen molar-refractivity contribution in [1.29, 1.82) is 0 Å². The normalized spacial score (nSPS) is 11.4. The molecule has 148 valence electrons. The SMILES string of the molecule is OCCOCCOCCOC=COC=COCCOCCOCCO. The Morgan fingerprint density at radius 3 is 1.20 bits per heavy atom. The van der Waals surface area contributed by atoms with E-state index in [0.717, 1.165) is 0 Å². The molecular weight excluding hydrogens is 336 g/mol. The summed E-state index contributed by atoms with van der Waals surface area (Å²) in [6.45, 7) is 4.19. The van der Waals surface area contributed by atoms with Crippen molar-refractivity contribution in [2.24, 2.45) is 0 Å². The van der Waals surface area contributed by atoms with Gasteiger partial charge in [-0.25, -0.2) is 0 Å². The molecule has 0 rings (SSSR count). The van der Waals surface area contributed by atoms with Crippen LogP contribution in [0.25, 0.3) is 0 Å². The lowest BCUT2D eigenvalue weighted by molar-refractivity contribution is 0.0195. The zero-order valence-corrected chi connectivity index (χ0v) is 14.5. The smallest absolute Gasteiger partial charge is 0.125 e. The molecule has 0 atom stereocenters. The molecule has 9 nitrogen and oxygen atoms in total. The summed E-state index contributed by atoms with van der Waals surface area (Å²) in [5, 5.41) is 17.0. The quantitative estimate of drug-likeness (QED) is 0.228. The van der Waals surface area contributed by atoms with Crippen molar-refractivity contribution in [2.45, 2.75) is 0 Å². The summed E-state index contributed by atoms with van der Waals surface area (Å²) in [7, 11) is 0. The van der Waals surface area contributed by atoms with Gasteiger partial charge < -0.3 is 43.4 Å². The summed E-state index contributed by atoms with van der Waals surface area (Å²) in [5.74, 6) is 0. The second kappa shape index (κ2) is 22.6. The lowest BCUT2D eigenvalue weighted by Crippen LogP contribution is -2.09. The maximum absolute atomic E-state index is 8.49. The predicted molar refractivity (Wildman–Crippen MR) is 88.7 cm³/mol. The topological polar surface area (TPSA) is 105 Å². The van der Waals surface area contributed by atoms with Crippen molar-refractivity contribution in [3.63, 3.8) is 0 Å². The Labute approximate surface area is 148 Å². The van der Waals surface area contributed by atoms with E-state index in [0.29, 0.717) is 66.1 Å². The molecule has 2 N–H and O–H groups in total. The van der Waals surface area contributed by atoms with Crippen LogP contribution in [-0.4, -0.2) is 89.5 Å². The molecule has 9 heteroatoms. The maximum atomic E-state index is 8.49. The van der Waals surface area contributed by atoms with E-state index in [1.54, 1.807) is 0 Å². The zero-order valence-electron chi connectivity index (χ0n) is 14.5. The zero-order chi connectivity index (χ0) is 18.3. The Hall–Kier alpha value is -1.36. The van der Waals surface area contributed by atoms with Crippen LogP contribution in [0, 0.1) is 0 Å². The number of ether oxygens (including phenoxy) is 7. The van der Waals surface area contributed by atoms with Crippen molar-refractivity contribution < 1.29 is 43.4 Å². The largest absolute Gasteiger partial charge is 0.496 e. The number of hydrogen-bond donors (Lipinski definition) is 2. The molecular formula is C16H30O9. The van der Waals surface area contributed by atoms with E-state index in [2.05, 4.69) is 0 Å².